The van der Waals surface area contributed by atoms with Crippen LogP contribution in [0.3, 0.4) is 0 Å². The fraction of sp³-hybridized carbons (Fsp3) is 0.571. The molecule has 0 spiro atoms. The van der Waals surface area contributed by atoms with Crippen molar-refractivity contribution >= 4 is 17.8 Å². The lowest BCUT2D eigenvalue weighted by Crippen LogP contribution is -2.56. The molecule has 1 aromatic rings. The Hall–Kier alpha value is -2.45. The lowest BCUT2D eigenvalue weighted by molar-refractivity contribution is -0.151. The maximum absolute atomic E-state index is 13.4. The fourth-order valence-electron chi connectivity index (χ4n) is 3.08. The first-order valence-corrected chi connectivity index (χ1v) is 7.33. The number of rotatable bonds is 3. The Morgan fingerprint density at radius 3 is 2.70 bits per heavy atom. The highest BCUT2D eigenvalue weighted by molar-refractivity contribution is 5.96. The van der Waals surface area contributed by atoms with E-state index >= 15 is 0 Å². The summed E-state index contributed by atoms with van der Waals surface area (Å²) < 4.78 is 15.1. The number of likely N-dealkylation sites (tertiary alicyclic amines) is 1. The molecule has 2 atom stereocenters. The van der Waals surface area contributed by atoms with Gasteiger partial charge in [0.25, 0.3) is 5.91 Å². The standard InChI is InChI=1S/C14H18FN5O3/c1-7-10(8(2)20-14(18(7)3)16-6-17-20)12(21)19-4-9(5-19)11(15)13(22)23/h6,8-9,11H,4-5H2,1-3H3,(H,22,23). The van der Waals surface area contributed by atoms with Gasteiger partial charge in [-0.1, -0.05) is 0 Å². The fourth-order valence-corrected chi connectivity index (χ4v) is 3.08. The molecule has 1 saturated heterocycles. The monoisotopic (exact) mass is 323 g/mol. The van der Waals surface area contributed by atoms with E-state index in [2.05, 4.69) is 10.1 Å². The van der Waals surface area contributed by atoms with Crippen LogP contribution in [0.2, 0.25) is 0 Å². The number of fused-ring (bicyclic) bond motifs is 1. The summed E-state index contributed by atoms with van der Waals surface area (Å²) in [6.07, 6.45) is -0.494. The van der Waals surface area contributed by atoms with E-state index in [-0.39, 0.29) is 25.0 Å². The number of anilines is 1. The van der Waals surface area contributed by atoms with Crippen LogP contribution in [-0.2, 0) is 9.59 Å². The Morgan fingerprint density at radius 2 is 2.09 bits per heavy atom. The summed E-state index contributed by atoms with van der Waals surface area (Å²) in [5.74, 6) is -1.67. The van der Waals surface area contributed by atoms with Gasteiger partial charge < -0.3 is 14.9 Å². The molecule has 1 fully saturated rings. The first kappa shape index (κ1) is 15.4. The molecule has 0 bridgehead atoms. The summed E-state index contributed by atoms with van der Waals surface area (Å²) in [5, 5.41) is 12.8. The molecule has 0 aromatic carbocycles. The number of alkyl halides is 1. The Balaban J connectivity index is 1.78. The average molecular weight is 323 g/mol. The molecule has 0 radical (unpaired) electrons. The molecule has 124 valence electrons. The first-order valence-electron chi connectivity index (χ1n) is 7.33. The Kier molecular flexibility index (Phi) is 3.57. The number of halogens is 1. The number of carboxylic acids is 1. The average Bonchev–Trinajstić information content (AvgIpc) is 2.93. The number of nitrogens with zero attached hydrogens (tertiary/aromatic N) is 5. The molecule has 2 unspecified atom stereocenters. The lowest BCUT2D eigenvalue weighted by atomic mass is 9.92. The molecule has 1 amide bonds. The molecule has 1 aromatic heterocycles. The van der Waals surface area contributed by atoms with Gasteiger partial charge in [-0.25, -0.2) is 13.9 Å². The summed E-state index contributed by atoms with van der Waals surface area (Å²) >= 11 is 0. The summed E-state index contributed by atoms with van der Waals surface area (Å²) in [5.41, 5.74) is 1.33. The van der Waals surface area contributed by atoms with Crippen LogP contribution in [0.1, 0.15) is 19.9 Å². The molecule has 0 aliphatic carbocycles. The van der Waals surface area contributed by atoms with Crippen LogP contribution in [0, 0.1) is 5.92 Å². The third-order valence-electron chi connectivity index (χ3n) is 4.61. The second kappa shape index (κ2) is 5.32. The SMILES string of the molecule is CC1=C(C(=O)N2CC(C(F)C(=O)O)C2)C(C)n2ncnc2N1C. The third kappa shape index (κ3) is 2.27. The zero-order chi connectivity index (χ0) is 16.9. The van der Waals surface area contributed by atoms with E-state index in [1.54, 1.807) is 16.6 Å². The number of carboxylic acid groups (broad SMARTS) is 1. The van der Waals surface area contributed by atoms with E-state index in [4.69, 9.17) is 5.11 Å². The van der Waals surface area contributed by atoms with Gasteiger partial charge in [0.05, 0.1) is 11.6 Å². The Morgan fingerprint density at radius 1 is 1.43 bits per heavy atom. The van der Waals surface area contributed by atoms with Crippen LogP contribution in [-0.4, -0.2) is 63.0 Å². The molecule has 9 heteroatoms. The van der Waals surface area contributed by atoms with Gasteiger partial charge in [0.1, 0.15) is 6.33 Å². The molecule has 3 heterocycles. The molecule has 3 rings (SSSR count). The maximum Gasteiger partial charge on any atom is 0.338 e. The number of carbonyl (C=O) groups is 2. The molecular formula is C14H18FN5O3. The molecule has 8 nitrogen and oxygen atoms in total. The molecule has 23 heavy (non-hydrogen) atoms. The third-order valence-corrected chi connectivity index (χ3v) is 4.61. The molecule has 1 N–H and O–H groups in total. The minimum absolute atomic E-state index is 0.115. The van der Waals surface area contributed by atoms with Crippen molar-refractivity contribution in [2.75, 3.05) is 25.0 Å². The van der Waals surface area contributed by atoms with Crippen molar-refractivity contribution in [3.63, 3.8) is 0 Å². The number of carbonyl (C=O) groups excluding carboxylic acids is 1. The minimum atomic E-state index is -1.93. The summed E-state index contributed by atoms with van der Waals surface area (Å²) in [6.45, 7) is 3.91. The number of hydrogen-bond donors (Lipinski definition) is 1. The van der Waals surface area contributed by atoms with Crippen LogP contribution in [0.4, 0.5) is 10.3 Å². The number of aromatic nitrogens is 3. The van der Waals surface area contributed by atoms with Gasteiger partial charge in [-0.2, -0.15) is 10.1 Å². The van der Waals surface area contributed by atoms with Gasteiger partial charge in [0, 0.05) is 31.8 Å². The largest absolute Gasteiger partial charge is 0.479 e. The van der Waals surface area contributed by atoms with Crippen molar-refractivity contribution < 1.29 is 19.1 Å². The highest BCUT2D eigenvalue weighted by atomic mass is 19.1. The van der Waals surface area contributed by atoms with Crippen LogP contribution in [0.15, 0.2) is 17.6 Å². The van der Waals surface area contributed by atoms with E-state index in [0.717, 1.165) is 5.70 Å². The number of hydrogen-bond acceptors (Lipinski definition) is 5. The smallest absolute Gasteiger partial charge is 0.338 e. The zero-order valence-corrected chi connectivity index (χ0v) is 13.1. The second-order valence-electron chi connectivity index (χ2n) is 5.95. The van der Waals surface area contributed by atoms with E-state index in [1.807, 2.05) is 13.8 Å². The first-order chi connectivity index (χ1) is 10.8. The summed E-state index contributed by atoms with van der Waals surface area (Å²) in [7, 11) is 1.80. The van der Waals surface area contributed by atoms with Crippen LogP contribution < -0.4 is 4.90 Å². The predicted octanol–water partition coefficient (Wildman–Crippen LogP) is 0.444. The van der Waals surface area contributed by atoms with Gasteiger partial charge in [-0.3, -0.25) is 4.79 Å². The van der Waals surface area contributed by atoms with Gasteiger partial charge >= 0.3 is 5.97 Å². The van der Waals surface area contributed by atoms with Crippen LogP contribution in [0.5, 0.6) is 0 Å². The number of allylic oxidation sites excluding steroid dienone is 1. The quantitative estimate of drug-likeness (QED) is 0.868. The topological polar surface area (TPSA) is 91.6 Å². The van der Waals surface area contributed by atoms with E-state index < -0.39 is 18.1 Å². The molecule has 2 aliphatic heterocycles. The van der Waals surface area contributed by atoms with Crippen LogP contribution in [0.25, 0.3) is 0 Å². The molecule has 0 saturated carbocycles. The van der Waals surface area contributed by atoms with E-state index in [0.29, 0.717) is 11.5 Å². The maximum atomic E-state index is 13.4. The Labute approximate surface area is 132 Å². The normalized spacial score (nSPS) is 22.7. The summed E-state index contributed by atoms with van der Waals surface area (Å²) in [4.78, 5) is 30.8. The van der Waals surface area contributed by atoms with Crippen molar-refractivity contribution in [1.82, 2.24) is 19.7 Å². The van der Waals surface area contributed by atoms with E-state index in [1.165, 1.54) is 11.2 Å². The Bertz CT molecular complexity index is 694. The lowest BCUT2D eigenvalue weighted by Gasteiger charge is -2.42. The van der Waals surface area contributed by atoms with Gasteiger partial charge in [0.2, 0.25) is 12.1 Å². The van der Waals surface area contributed by atoms with Crippen molar-refractivity contribution in [3.05, 3.63) is 17.6 Å². The van der Waals surface area contributed by atoms with Gasteiger partial charge in [0.15, 0.2) is 0 Å². The highest BCUT2D eigenvalue weighted by Crippen LogP contribution is 2.35. The highest BCUT2D eigenvalue weighted by Gasteiger charge is 2.43. The minimum Gasteiger partial charge on any atom is -0.479 e. The van der Waals surface area contributed by atoms with E-state index in [9.17, 15) is 14.0 Å². The molecular weight excluding hydrogens is 305 g/mol. The second-order valence-corrected chi connectivity index (χ2v) is 5.95. The number of aliphatic carboxylic acids is 1. The van der Waals surface area contributed by atoms with Gasteiger partial charge in [-0.15, -0.1) is 0 Å². The van der Waals surface area contributed by atoms with Crippen LogP contribution >= 0.6 is 0 Å². The molecule has 2 aliphatic rings. The van der Waals surface area contributed by atoms with Crippen molar-refractivity contribution in [3.8, 4) is 0 Å². The van der Waals surface area contributed by atoms with Crippen molar-refractivity contribution in [1.29, 1.82) is 0 Å². The number of amides is 1. The van der Waals surface area contributed by atoms with Crippen molar-refractivity contribution in [2.24, 2.45) is 5.92 Å². The van der Waals surface area contributed by atoms with Crippen molar-refractivity contribution in [2.45, 2.75) is 26.1 Å². The zero-order valence-electron chi connectivity index (χ0n) is 13.1. The van der Waals surface area contributed by atoms with Gasteiger partial charge in [-0.05, 0) is 13.8 Å². The summed E-state index contributed by atoms with van der Waals surface area (Å²) in [6, 6.07) is -0.282. The predicted molar refractivity (Wildman–Crippen MR) is 78.4 cm³/mol.